The number of likely N-dealkylation sites (tertiary alicyclic amines) is 1. The van der Waals surface area contributed by atoms with Gasteiger partial charge in [0.2, 0.25) is 0 Å². The minimum Gasteiger partial charge on any atom is -0.480 e. The van der Waals surface area contributed by atoms with Gasteiger partial charge in [0.05, 0.1) is 10.6 Å². The van der Waals surface area contributed by atoms with Gasteiger partial charge in [0.25, 0.3) is 5.91 Å². The Morgan fingerprint density at radius 1 is 1.39 bits per heavy atom. The summed E-state index contributed by atoms with van der Waals surface area (Å²) in [6.45, 7) is 0.529. The molecule has 3 heterocycles. The first kappa shape index (κ1) is 14.4. The molecular weight excluding hydrogens is 314 g/mol. The highest BCUT2D eigenvalue weighted by atomic mass is 32.1. The fourth-order valence-electron chi connectivity index (χ4n) is 3.97. The van der Waals surface area contributed by atoms with E-state index in [1.54, 1.807) is 17.4 Å². The van der Waals surface area contributed by atoms with Crippen molar-refractivity contribution in [3.63, 3.8) is 0 Å². The lowest BCUT2D eigenvalue weighted by Gasteiger charge is -2.23. The molecule has 4 rings (SSSR count). The van der Waals surface area contributed by atoms with Crippen molar-refractivity contribution in [2.45, 2.75) is 25.3 Å². The number of aromatic amines is 1. The molecule has 0 radical (unpaired) electrons. The largest absolute Gasteiger partial charge is 0.480 e. The molecule has 0 bridgehead atoms. The highest BCUT2D eigenvalue weighted by Crippen LogP contribution is 2.42. The molecule has 3 unspecified atom stereocenters. The molecule has 1 aliphatic heterocycles. The number of nitrogens with one attached hydrogen (secondary N) is 1. The van der Waals surface area contributed by atoms with Crippen LogP contribution in [0.25, 0.3) is 10.6 Å². The van der Waals surface area contributed by atoms with Crippen molar-refractivity contribution in [3.05, 3.63) is 29.3 Å². The van der Waals surface area contributed by atoms with Crippen molar-refractivity contribution in [2.75, 3.05) is 6.54 Å². The summed E-state index contributed by atoms with van der Waals surface area (Å²) in [7, 11) is 0. The number of carbonyl (C=O) groups excluding carboxylic acids is 1. The maximum atomic E-state index is 12.8. The number of thiophene rings is 1. The lowest BCUT2D eigenvalue weighted by atomic mass is 9.94. The minimum atomic E-state index is -0.901. The van der Waals surface area contributed by atoms with Crippen molar-refractivity contribution < 1.29 is 14.7 Å². The van der Waals surface area contributed by atoms with Gasteiger partial charge in [-0.05, 0) is 42.2 Å². The number of hydrogen-bond acceptors (Lipinski definition) is 4. The van der Waals surface area contributed by atoms with Gasteiger partial charge in [-0.1, -0.05) is 12.5 Å². The average Bonchev–Trinajstić information content (AvgIpc) is 3.26. The topological polar surface area (TPSA) is 86.3 Å². The summed E-state index contributed by atoms with van der Waals surface area (Å²) < 4.78 is 0. The van der Waals surface area contributed by atoms with Gasteiger partial charge in [-0.3, -0.25) is 9.89 Å². The number of H-pyrrole nitrogens is 1. The second kappa shape index (κ2) is 5.49. The first-order chi connectivity index (χ1) is 11.1. The Balaban J connectivity index is 1.60. The van der Waals surface area contributed by atoms with Crippen LogP contribution in [0.1, 0.15) is 29.8 Å². The maximum absolute atomic E-state index is 12.8. The zero-order valence-corrected chi connectivity index (χ0v) is 13.3. The summed E-state index contributed by atoms with van der Waals surface area (Å²) in [4.78, 5) is 26.9. The van der Waals surface area contributed by atoms with Crippen LogP contribution in [0.2, 0.25) is 0 Å². The molecule has 6 nitrogen and oxygen atoms in total. The fraction of sp³-hybridized carbons (Fsp3) is 0.438. The number of carboxylic acids is 1. The quantitative estimate of drug-likeness (QED) is 0.904. The Bertz CT molecular complexity index is 740. The maximum Gasteiger partial charge on any atom is 0.326 e. The van der Waals surface area contributed by atoms with Crippen LogP contribution in [0, 0.1) is 11.8 Å². The van der Waals surface area contributed by atoms with Crippen LogP contribution in [-0.4, -0.2) is 44.7 Å². The van der Waals surface area contributed by atoms with Gasteiger partial charge in [0, 0.05) is 6.54 Å². The third-order valence-electron chi connectivity index (χ3n) is 4.99. The second-order valence-corrected chi connectivity index (χ2v) is 7.19. The summed E-state index contributed by atoms with van der Waals surface area (Å²) >= 11 is 1.56. The van der Waals surface area contributed by atoms with E-state index in [1.807, 2.05) is 17.5 Å². The molecule has 3 atom stereocenters. The van der Waals surface area contributed by atoms with Crippen molar-refractivity contribution in [1.82, 2.24) is 15.1 Å². The van der Waals surface area contributed by atoms with Gasteiger partial charge >= 0.3 is 5.97 Å². The monoisotopic (exact) mass is 331 g/mol. The Morgan fingerprint density at radius 3 is 3.00 bits per heavy atom. The van der Waals surface area contributed by atoms with Crippen LogP contribution in [0.4, 0.5) is 0 Å². The number of hydrogen-bond donors (Lipinski definition) is 2. The van der Waals surface area contributed by atoms with Crippen molar-refractivity contribution in [3.8, 4) is 10.6 Å². The van der Waals surface area contributed by atoms with E-state index in [4.69, 9.17) is 0 Å². The molecule has 0 aromatic carbocycles. The molecule has 120 valence electrons. The lowest BCUT2D eigenvalue weighted by Crippen LogP contribution is -2.43. The van der Waals surface area contributed by atoms with Gasteiger partial charge in [0.15, 0.2) is 5.69 Å². The van der Waals surface area contributed by atoms with Gasteiger partial charge in [-0.2, -0.15) is 5.10 Å². The first-order valence-corrected chi connectivity index (χ1v) is 8.66. The molecule has 2 aliphatic rings. The fourth-order valence-corrected chi connectivity index (χ4v) is 4.66. The summed E-state index contributed by atoms with van der Waals surface area (Å²) in [6, 6.07) is 4.88. The van der Waals surface area contributed by atoms with Crippen LogP contribution in [0.3, 0.4) is 0 Å². The molecule has 23 heavy (non-hydrogen) atoms. The Hall–Kier alpha value is -2.15. The Morgan fingerprint density at radius 2 is 2.26 bits per heavy atom. The van der Waals surface area contributed by atoms with Crippen molar-refractivity contribution in [2.24, 2.45) is 11.8 Å². The summed E-state index contributed by atoms with van der Waals surface area (Å²) in [5.74, 6) is -0.782. The molecule has 1 amide bonds. The Kier molecular flexibility index (Phi) is 3.45. The zero-order valence-electron chi connectivity index (χ0n) is 12.4. The molecule has 1 aliphatic carbocycles. The highest BCUT2D eigenvalue weighted by Gasteiger charge is 2.49. The lowest BCUT2D eigenvalue weighted by molar-refractivity contribution is -0.142. The Labute approximate surface area is 137 Å². The van der Waals surface area contributed by atoms with E-state index >= 15 is 0 Å². The molecular formula is C16H17N3O3S. The highest BCUT2D eigenvalue weighted by molar-refractivity contribution is 7.13. The number of nitrogens with zero attached hydrogens (tertiary/aromatic N) is 2. The number of carbonyl (C=O) groups is 2. The smallest absolute Gasteiger partial charge is 0.326 e. The standard InChI is InChI=1S/C16H17N3O3S/c20-15(12-7-11(17-18-12)13-5-2-6-23-13)19-8-9-3-1-4-10(9)14(19)16(21)22/h2,5-7,9-10,14H,1,3-4,8H2,(H,17,18)(H,21,22). The number of amides is 1. The molecule has 2 aromatic heterocycles. The number of carboxylic acid groups (broad SMARTS) is 1. The van der Waals surface area contributed by atoms with E-state index in [0.29, 0.717) is 18.2 Å². The summed E-state index contributed by atoms with van der Waals surface area (Å²) in [5, 5.41) is 18.5. The van der Waals surface area contributed by atoms with Crippen LogP contribution in [0.5, 0.6) is 0 Å². The van der Waals surface area contributed by atoms with Crippen LogP contribution in [-0.2, 0) is 4.79 Å². The molecule has 0 spiro atoms. The average molecular weight is 331 g/mol. The SMILES string of the molecule is O=C(O)C1C2CCCC2CN1C(=O)c1cc(-c2cccs2)[nH]n1. The van der Waals surface area contributed by atoms with Gasteiger partial charge in [0.1, 0.15) is 6.04 Å². The second-order valence-electron chi connectivity index (χ2n) is 6.24. The normalized spacial score (nSPS) is 26.4. The number of fused-ring (bicyclic) bond motifs is 1. The molecule has 1 saturated heterocycles. The number of aliphatic carboxylic acids is 1. The van der Waals surface area contributed by atoms with Crippen molar-refractivity contribution >= 4 is 23.2 Å². The van der Waals surface area contributed by atoms with Crippen LogP contribution >= 0.6 is 11.3 Å². The predicted octanol–water partition coefficient (Wildman–Crippen LogP) is 2.46. The van der Waals surface area contributed by atoms with E-state index in [9.17, 15) is 14.7 Å². The minimum absolute atomic E-state index is 0.0900. The zero-order chi connectivity index (χ0) is 16.0. The van der Waals surface area contributed by atoms with Gasteiger partial charge < -0.3 is 10.0 Å². The molecule has 1 saturated carbocycles. The van der Waals surface area contributed by atoms with Gasteiger partial charge in [-0.25, -0.2) is 4.79 Å². The van der Waals surface area contributed by atoms with E-state index in [-0.39, 0.29) is 11.8 Å². The van der Waals surface area contributed by atoms with E-state index in [1.165, 1.54) is 4.90 Å². The summed E-state index contributed by atoms with van der Waals surface area (Å²) in [5.41, 5.74) is 1.08. The number of rotatable bonds is 3. The van der Waals surface area contributed by atoms with E-state index in [0.717, 1.165) is 29.8 Å². The summed E-state index contributed by atoms with van der Waals surface area (Å²) in [6.07, 6.45) is 2.97. The molecule has 7 heteroatoms. The van der Waals surface area contributed by atoms with Crippen LogP contribution in [0.15, 0.2) is 23.6 Å². The number of aromatic nitrogens is 2. The third kappa shape index (κ3) is 2.35. The van der Waals surface area contributed by atoms with Crippen LogP contribution < -0.4 is 0 Å². The van der Waals surface area contributed by atoms with E-state index < -0.39 is 12.0 Å². The third-order valence-corrected chi connectivity index (χ3v) is 5.89. The molecule has 2 aromatic rings. The first-order valence-electron chi connectivity index (χ1n) is 7.78. The predicted molar refractivity (Wildman–Crippen MR) is 85.2 cm³/mol. The van der Waals surface area contributed by atoms with Crippen molar-refractivity contribution in [1.29, 1.82) is 0 Å². The molecule has 2 N–H and O–H groups in total. The van der Waals surface area contributed by atoms with Gasteiger partial charge in [-0.15, -0.1) is 11.3 Å². The van der Waals surface area contributed by atoms with E-state index in [2.05, 4.69) is 10.2 Å². The molecule has 2 fully saturated rings.